The van der Waals surface area contributed by atoms with Gasteiger partial charge in [0.25, 0.3) is 0 Å². The molecule has 0 aliphatic carbocycles. The number of aromatic nitrogens is 2. The van der Waals surface area contributed by atoms with Gasteiger partial charge in [-0.15, -0.1) is 0 Å². The molecule has 4 heteroatoms. The summed E-state index contributed by atoms with van der Waals surface area (Å²) in [5.74, 6) is 0. The number of hydrogen-bond acceptors (Lipinski definition) is 3. The fourth-order valence-electron chi connectivity index (χ4n) is 1.98. The number of nitrogens with zero attached hydrogens (tertiary/aromatic N) is 2. The number of ether oxygens (including phenoxy) is 1. The van der Waals surface area contributed by atoms with Gasteiger partial charge in [0.2, 0.25) is 0 Å². The summed E-state index contributed by atoms with van der Waals surface area (Å²) < 4.78 is 7.32. The molecule has 1 aromatic carbocycles. The van der Waals surface area contributed by atoms with Gasteiger partial charge >= 0.3 is 0 Å². The molecule has 4 nitrogen and oxygen atoms in total. The number of nitrogens with two attached hydrogens (primary N) is 1. The normalized spacial score (nSPS) is 14.1. The highest BCUT2D eigenvalue weighted by Gasteiger charge is 2.17. The van der Waals surface area contributed by atoms with Gasteiger partial charge in [-0.2, -0.15) is 5.10 Å². The molecule has 2 N–H and O–H groups in total. The van der Waals surface area contributed by atoms with Crippen molar-refractivity contribution in [2.75, 3.05) is 0 Å². The molecule has 0 bridgehead atoms. The quantitative estimate of drug-likeness (QED) is 0.823. The van der Waals surface area contributed by atoms with E-state index in [0.29, 0.717) is 19.8 Å². The second-order valence-corrected chi connectivity index (χ2v) is 3.90. The third-order valence-electron chi connectivity index (χ3n) is 2.84. The third-order valence-corrected chi connectivity index (χ3v) is 2.84. The lowest BCUT2D eigenvalue weighted by Crippen LogP contribution is -2.03. The van der Waals surface area contributed by atoms with Crippen LogP contribution >= 0.6 is 0 Å². The minimum absolute atomic E-state index is 0.549. The number of rotatable bonds is 2. The number of fused-ring (bicyclic) bond motifs is 1. The van der Waals surface area contributed by atoms with Gasteiger partial charge in [-0.25, -0.2) is 4.68 Å². The van der Waals surface area contributed by atoms with Gasteiger partial charge in [0.15, 0.2) is 0 Å². The highest BCUT2D eigenvalue weighted by molar-refractivity contribution is 5.38. The van der Waals surface area contributed by atoms with Crippen molar-refractivity contribution in [3.63, 3.8) is 0 Å². The first kappa shape index (κ1) is 9.57. The predicted molar refractivity (Wildman–Crippen MR) is 59.9 cm³/mol. The van der Waals surface area contributed by atoms with Crippen molar-refractivity contribution in [3.8, 4) is 5.69 Å². The molecule has 1 aliphatic rings. The van der Waals surface area contributed by atoms with E-state index in [9.17, 15) is 0 Å². The summed E-state index contributed by atoms with van der Waals surface area (Å²) in [6.07, 6.45) is 1.87. The van der Waals surface area contributed by atoms with Gasteiger partial charge in [-0.3, -0.25) is 0 Å². The summed E-state index contributed by atoms with van der Waals surface area (Å²) in [5.41, 5.74) is 10.1. The van der Waals surface area contributed by atoms with Crippen molar-refractivity contribution in [1.29, 1.82) is 0 Å². The lowest BCUT2D eigenvalue weighted by Gasteiger charge is -2.06. The van der Waals surface area contributed by atoms with E-state index in [1.165, 1.54) is 5.56 Å². The molecule has 0 radical (unpaired) electrons. The maximum Gasteiger partial charge on any atom is 0.0897 e. The molecule has 3 rings (SSSR count). The molecule has 0 atom stereocenters. The van der Waals surface area contributed by atoms with Crippen molar-refractivity contribution >= 4 is 0 Å². The van der Waals surface area contributed by atoms with Crippen LogP contribution in [0.4, 0.5) is 0 Å². The Morgan fingerprint density at radius 2 is 2.31 bits per heavy atom. The lowest BCUT2D eigenvalue weighted by molar-refractivity contribution is 0.130. The maximum atomic E-state index is 5.63. The highest BCUT2D eigenvalue weighted by Crippen LogP contribution is 2.22. The first-order valence-corrected chi connectivity index (χ1v) is 5.31. The summed E-state index contributed by atoms with van der Waals surface area (Å²) in [6.45, 7) is 1.86. The van der Waals surface area contributed by atoms with Crippen LogP contribution < -0.4 is 5.73 Å². The van der Waals surface area contributed by atoms with Gasteiger partial charge in [0, 0.05) is 12.1 Å². The fourth-order valence-corrected chi connectivity index (χ4v) is 1.98. The molecule has 0 amide bonds. The monoisotopic (exact) mass is 215 g/mol. The highest BCUT2D eigenvalue weighted by atomic mass is 16.5. The Morgan fingerprint density at radius 1 is 1.38 bits per heavy atom. The van der Waals surface area contributed by atoms with Crippen LogP contribution in [0.2, 0.25) is 0 Å². The maximum absolute atomic E-state index is 5.63. The minimum Gasteiger partial charge on any atom is -0.370 e. The molecule has 1 aromatic heterocycles. The largest absolute Gasteiger partial charge is 0.370 e. The van der Waals surface area contributed by atoms with E-state index >= 15 is 0 Å². The zero-order valence-electron chi connectivity index (χ0n) is 8.89. The Kier molecular flexibility index (Phi) is 2.23. The molecule has 2 aromatic rings. The Hall–Kier alpha value is -1.65. The number of benzene rings is 1. The van der Waals surface area contributed by atoms with Crippen LogP contribution in [-0.4, -0.2) is 9.78 Å². The number of hydrogen-bond donors (Lipinski definition) is 1. The van der Waals surface area contributed by atoms with Crippen molar-refractivity contribution in [2.45, 2.75) is 19.8 Å². The van der Waals surface area contributed by atoms with E-state index in [2.05, 4.69) is 11.2 Å². The van der Waals surface area contributed by atoms with Crippen molar-refractivity contribution in [3.05, 3.63) is 47.3 Å². The van der Waals surface area contributed by atoms with E-state index in [-0.39, 0.29) is 0 Å². The topological polar surface area (TPSA) is 53.1 Å². The van der Waals surface area contributed by atoms with E-state index in [1.54, 1.807) is 0 Å². The SMILES string of the molecule is NCc1cccc(-n2ncc3c2COC3)c1. The Morgan fingerprint density at radius 3 is 3.19 bits per heavy atom. The summed E-state index contributed by atoms with van der Waals surface area (Å²) in [6, 6.07) is 8.11. The second kappa shape index (κ2) is 3.73. The van der Waals surface area contributed by atoms with Gasteiger partial charge in [-0.1, -0.05) is 12.1 Å². The predicted octanol–water partition coefficient (Wildman–Crippen LogP) is 1.36. The first-order chi connectivity index (χ1) is 7.88. The van der Waals surface area contributed by atoms with Crippen molar-refractivity contribution < 1.29 is 4.74 Å². The smallest absolute Gasteiger partial charge is 0.0897 e. The Balaban J connectivity index is 2.08. The summed E-state index contributed by atoms with van der Waals surface area (Å²) in [7, 11) is 0. The zero-order valence-corrected chi connectivity index (χ0v) is 8.89. The van der Waals surface area contributed by atoms with Crippen molar-refractivity contribution in [1.82, 2.24) is 9.78 Å². The minimum atomic E-state index is 0.549. The summed E-state index contributed by atoms with van der Waals surface area (Å²) in [5, 5.41) is 4.38. The van der Waals surface area contributed by atoms with Gasteiger partial charge < -0.3 is 10.5 Å². The molecule has 2 heterocycles. The van der Waals surface area contributed by atoms with E-state index in [1.807, 2.05) is 29.1 Å². The Labute approximate surface area is 93.6 Å². The van der Waals surface area contributed by atoms with Crippen LogP contribution in [0.3, 0.4) is 0 Å². The molecule has 0 unspecified atom stereocenters. The summed E-state index contributed by atoms with van der Waals surface area (Å²) in [4.78, 5) is 0. The molecule has 0 spiro atoms. The van der Waals surface area contributed by atoms with Crippen LogP contribution in [0, 0.1) is 0 Å². The van der Waals surface area contributed by atoms with Crippen molar-refractivity contribution in [2.24, 2.45) is 5.73 Å². The van der Waals surface area contributed by atoms with Gasteiger partial charge in [0.05, 0.1) is 30.8 Å². The summed E-state index contributed by atoms with van der Waals surface area (Å²) >= 11 is 0. The zero-order chi connectivity index (χ0) is 11.0. The Bertz CT molecular complexity index is 519. The molecular formula is C12H13N3O. The molecule has 0 saturated heterocycles. The third kappa shape index (κ3) is 1.43. The molecular weight excluding hydrogens is 202 g/mol. The molecule has 0 fully saturated rings. The van der Waals surface area contributed by atoms with Crippen LogP contribution in [0.15, 0.2) is 30.5 Å². The van der Waals surface area contributed by atoms with Crippen LogP contribution in [0.5, 0.6) is 0 Å². The molecule has 1 aliphatic heterocycles. The van der Waals surface area contributed by atoms with Crippen LogP contribution in [0.25, 0.3) is 5.69 Å². The molecule has 0 saturated carbocycles. The molecule has 82 valence electrons. The average molecular weight is 215 g/mol. The van der Waals surface area contributed by atoms with E-state index in [4.69, 9.17) is 10.5 Å². The second-order valence-electron chi connectivity index (χ2n) is 3.90. The fraction of sp³-hybridized carbons (Fsp3) is 0.250. The van der Waals surface area contributed by atoms with Crippen LogP contribution in [-0.2, 0) is 24.5 Å². The molecule has 16 heavy (non-hydrogen) atoms. The van der Waals surface area contributed by atoms with E-state index < -0.39 is 0 Å². The first-order valence-electron chi connectivity index (χ1n) is 5.31. The van der Waals surface area contributed by atoms with Crippen LogP contribution in [0.1, 0.15) is 16.8 Å². The van der Waals surface area contributed by atoms with Gasteiger partial charge in [0.1, 0.15) is 0 Å². The van der Waals surface area contributed by atoms with Gasteiger partial charge in [-0.05, 0) is 17.7 Å². The van der Waals surface area contributed by atoms with E-state index in [0.717, 1.165) is 16.9 Å². The standard InChI is InChI=1S/C12H13N3O/c13-5-9-2-1-3-11(4-9)15-12-8-16-7-10(12)6-14-15/h1-4,6H,5,7-8,13H2. The lowest BCUT2D eigenvalue weighted by atomic mass is 10.2. The average Bonchev–Trinajstić information content (AvgIpc) is 2.90.